The highest BCUT2D eigenvalue weighted by molar-refractivity contribution is 6.33. The molecule has 2 rings (SSSR count). The van der Waals surface area contributed by atoms with Crippen LogP contribution >= 0.6 is 11.6 Å². The monoisotopic (exact) mass is 280 g/mol. The van der Waals surface area contributed by atoms with Crippen molar-refractivity contribution < 1.29 is 8.78 Å². The Kier molecular flexibility index (Phi) is 3.49. The number of anilines is 3. The Morgan fingerprint density at radius 2 is 2.05 bits per heavy atom. The minimum atomic E-state index is -0.859. The van der Waals surface area contributed by atoms with Gasteiger partial charge in [-0.3, -0.25) is 0 Å². The van der Waals surface area contributed by atoms with Gasteiger partial charge in [-0.25, -0.2) is 13.8 Å². The van der Waals surface area contributed by atoms with Crippen molar-refractivity contribution in [1.29, 1.82) is 5.26 Å². The molecule has 7 heteroatoms. The molecule has 1 aromatic heterocycles. The molecule has 0 unspecified atom stereocenters. The molecule has 0 radical (unpaired) electrons. The summed E-state index contributed by atoms with van der Waals surface area (Å²) in [4.78, 5) is 3.87. The van der Waals surface area contributed by atoms with E-state index in [1.807, 2.05) is 0 Å². The Morgan fingerprint density at radius 1 is 1.32 bits per heavy atom. The molecule has 3 N–H and O–H groups in total. The highest BCUT2D eigenvalue weighted by Crippen LogP contribution is 2.29. The van der Waals surface area contributed by atoms with Crippen LogP contribution in [0.4, 0.5) is 26.0 Å². The highest BCUT2D eigenvalue weighted by atomic mass is 35.5. The molecule has 96 valence electrons. The summed E-state index contributed by atoms with van der Waals surface area (Å²) in [6, 6.07) is 6.36. The Balaban J connectivity index is 2.40. The molecule has 0 aliphatic carbocycles. The van der Waals surface area contributed by atoms with Crippen LogP contribution in [-0.4, -0.2) is 4.98 Å². The van der Waals surface area contributed by atoms with Crippen molar-refractivity contribution in [3.05, 3.63) is 46.6 Å². The van der Waals surface area contributed by atoms with E-state index >= 15 is 0 Å². The molecule has 0 saturated carbocycles. The quantitative estimate of drug-likeness (QED) is 0.886. The van der Waals surface area contributed by atoms with Crippen molar-refractivity contribution in [2.45, 2.75) is 0 Å². The number of hydrogen-bond acceptors (Lipinski definition) is 4. The van der Waals surface area contributed by atoms with Gasteiger partial charge in [-0.2, -0.15) is 5.26 Å². The van der Waals surface area contributed by atoms with E-state index in [1.165, 1.54) is 12.1 Å². The zero-order valence-corrected chi connectivity index (χ0v) is 10.2. The van der Waals surface area contributed by atoms with Crippen molar-refractivity contribution in [3.8, 4) is 6.07 Å². The predicted molar refractivity (Wildman–Crippen MR) is 68.0 cm³/mol. The molecule has 0 fully saturated rings. The smallest absolute Gasteiger partial charge is 0.165 e. The lowest BCUT2D eigenvalue weighted by atomic mass is 10.2. The molecule has 0 aliphatic rings. The Morgan fingerprint density at radius 3 is 2.68 bits per heavy atom. The molecule has 0 spiro atoms. The summed E-state index contributed by atoms with van der Waals surface area (Å²) in [7, 11) is 0. The van der Waals surface area contributed by atoms with Crippen LogP contribution < -0.4 is 11.1 Å². The maximum Gasteiger partial charge on any atom is 0.165 e. The molecule has 2 aromatic rings. The summed E-state index contributed by atoms with van der Waals surface area (Å²) in [6.07, 6.45) is 0. The summed E-state index contributed by atoms with van der Waals surface area (Å²) >= 11 is 5.73. The number of hydrogen-bond donors (Lipinski definition) is 2. The Bertz CT molecular complexity index is 659. The summed E-state index contributed by atoms with van der Waals surface area (Å²) in [5, 5.41) is 11.2. The molecule has 0 saturated heterocycles. The molecular weight excluding hydrogens is 274 g/mol. The lowest BCUT2D eigenvalue weighted by molar-refractivity contribution is 0.586. The second-order valence-corrected chi connectivity index (χ2v) is 4.02. The number of rotatable bonds is 2. The average Bonchev–Trinajstić information content (AvgIpc) is 2.35. The van der Waals surface area contributed by atoms with Gasteiger partial charge in [0.25, 0.3) is 0 Å². The molecule has 1 heterocycles. The van der Waals surface area contributed by atoms with E-state index in [-0.39, 0.29) is 27.9 Å². The van der Waals surface area contributed by atoms with Gasteiger partial charge in [0.1, 0.15) is 17.7 Å². The van der Waals surface area contributed by atoms with Crippen LogP contribution in [0.15, 0.2) is 24.3 Å². The fourth-order valence-corrected chi connectivity index (χ4v) is 1.66. The second-order valence-electron chi connectivity index (χ2n) is 3.62. The van der Waals surface area contributed by atoms with E-state index in [2.05, 4.69) is 10.3 Å². The number of nitrogens with zero attached hydrogens (tertiary/aromatic N) is 2. The fourth-order valence-electron chi connectivity index (χ4n) is 1.42. The lowest BCUT2D eigenvalue weighted by Crippen LogP contribution is -2.01. The van der Waals surface area contributed by atoms with E-state index in [9.17, 15) is 8.78 Å². The topological polar surface area (TPSA) is 74.7 Å². The first-order valence-electron chi connectivity index (χ1n) is 5.09. The van der Waals surface area contributed by atoms with Gasteiger partial charge in [0.2, 0.25) is 0 Å². The molecule has 19 heavy (non-hydrogen) atoms. The van der Waals surface area contributed by atoms with Gasteiger partial charge in [0.05, 0.1) is 16.4 Å². The second kappa shape index (κ2) is 5.08. The summed E-state index contributed by atoms with van der Waals surface area (Å²) in [6.45, 7) is 0. The fraction of sp³-hybridized carbons (Fsp3) is 0. The van der Waals surface area contributed by atoms with Gasteiger partial charge in [0.15, 0.2) is 11.5 Å². The SMILES string of the molecule is N#Cc1nc(Nc2c(F)cc(F)cc2Cl)ccc1N. The largest absolute Gasteiger partial charge is 0.396 e. The number of halogens is 3. The molecule has 0 amide bonds. The van der Waals surface area contributed by atoms with E-state index in [1.54, 1.807) is 6.07 Å². The third-order valence-corrected chi connectivity index (χ3v) is 2.59. The molecular formula is C12H7ClF2N4. The van der Waals surface area contributed by atoms with Gasteiger partial charge >= 0.3 is 0 Å². The van der Waals surface area contributed by atoms with E-state index in [0.29, 0.717) is 6.07 Å². The Hall–Kier alpha value is -2.39. The average molecular weight is 281 g/mol. The molecule has 0 aliphatic heterocycles. The molecule has 1 aromatic carbocycles. The maximum atomic E-state index is 13.6. The molecule has 0 atom stereocenters. The molecule has 0 bridgehead atoms. The summed E-state index contributed by atoms with van der Waals surface area (Å²) < 4.78 is 26.4. The number of nitriles is 1. The van der Waals surface area contributed by atoms with Crippen molar-refractivity contribution in [1.82, 2.24) is 4.98 Å². The van der Waals surface area contributed by atoms with E-state index in [4.69, 9.17) is 22.6 Å². The van der Waals surface area contributed by atoms with Crippen LogP contribution in [0.5, 0.6) is 0 Å². The number of benzene rings is 1. The lowest BCUT2D eigenvalue weighted by Gasteiger charge is -2.09. The number of nitrogens with two attached hydrogens (primary N) is 1. The van der Waals surface area contributed by atoms with Crippen molar-refractivity contribution in [2.24, 2.45) is 0 Å². The van der Waals surface area contributed by atoms with E-state index < -0.39 is 11.6 Å². The van der Waals surface area contributed by atoms with Crippen LogP contribution in [0.3, 0.4) is 0 Å². The minimum absolute atomic E-state index is 0.00337. The molecule has 4 nitrogen and oxygen atoms in total. The first-order valence-corrected chi connectivity index (χ1v) is 5.47. The predicted octanol–water partition coefficient (Wildman–Crippen LogP) is 3.21. The summed E-state index contributed by atoms with van der Waals surface area (Å²) in [5.41, 5.74) is 5.60. The third-order valence-electron chi connectivity index (χ3n) is 2.29. The van der Waals surface area contributed by atoms with Gasteiger partial charge in [-0.15, -0.1) is 0 Å². The zero-order valence-electron chi connectivity index (χ0n) is 9.42. The van der Waals surface area contributed by atoms with Gasteiger partial charge in [-0.05, 0) is 18.2 Å². The first kappa shape index (κ1) is 13.1. The number of nitrogen functional groups attached to an aromatic ring is 1. The van der Waals surface area contributed by atoms with Crippen molar-refractivity contribution in [2.75, 3.05) is 11.1 Å². The zero-order chi connectivity index (χ0) is 14.0. The highest BCUT2D eigenvalue weighted by Gasteiger charge is 2.11. The number of nitrogens with one attached hydrogen (secondary N) is 1. The number of aromatic nitrogens is 1. The van der Waals surface area contributed by atoms with E-state index in [0.717, 1.165) is 6.07 Å². The third kappa shape index (κ3) is 2.72. The first-order chi connectivity index (χ1) is 9.01. The van der Waals surface area contributed by atoms with Gasteiger partial charge in [-0.1, -0.05) is 11.6 Å². The minimum Gasteiger partial charge on any atom is -0.396 e. The summed E-state index contributed by atoms with van der Waals surface area (Å²) in [5.74, 6) is -1.46. The standard InChI is InChI=1S/C12H7ClF2N4/c13-7-3-6(14)4-8(15)12(7)19-11-2-1-9(17)10(5-16)18-11/h1-4H,17H2,(H,18,19). The Labute approximate surface area is 112 Å². The van der Waals surface area contributed by atoms with Gasteiger partial charge in [0, 0.05) is 6.07 Å². The van der Waals surface area contributed by atoms with Crippen LogP contribution in [0, 0.1) is 23.0 Å². The van der Waals surface area contributed by atoms with Crippen LogP contribution in [0.2, 0.25) is 5.02 Å². The van der Waals surface area contributed by atoms with Gasteiger partial charge < -0.3 is 11.1 Å². The maximum absolute atomic E-state index is 13.6. The van der Waals surface area contributed by atoms with Crippen molar-refractivity contribution >= 4 is 28.8 Å². The van der Waals surface area contributed by atoms with Crippen LogP contribution in [0.25, 0.3) is 0 Å². The van der Waals surface area contributed by atoms with Crippen molar-refractivity contribution in [3.63, 3.8) is 0 Å². The van der Waals surface area contributed by atoms with Crippen LogP contribution in [-0.2, 0) is 0 Å². The van der Waals surface area contributed by atoms with Crippen LogP contribution in [0.1, 0.15) is 5.69 Å². The normalized spacial score (nSPS) is 10.0. The number of pyridine rings is 1.